The van der Waals surface area contributed by atoms with E-state index in [1.807, 2.05) is 6.20 Å². The Morgan fingerprint density at radius 1 is 1.06 bits per heavy atom. The third-order valence-electron chi connectivity index (χ3n) is 3.40. The largest absolute Gasteiger partial charge is 0.360 e. The average molecular weight is 208 g/mol. The molecule has 2 heterocycles. The van der Waals surface area contributed by atoms with Gasteiger partial charge in [0.1, 0.15) is 0 Å². The van der Waals surface area contributed by atoms with Crippen LogP contribution in [-0.2, 0) is 0 Å². The van der Waals surface area contributed by atoms with E-state index in [0.29, 0.717) is 5.92 Å². The van der Waals surface area contributed by atoms with Crippen molar-refractivity contribution in [1.29, 1.82) is 0 Å². The first-order chi connectivity index (χ1) is 7.93. The van der Waals surface area contributed by atoms with Crippen molar-refractivity contribution in [1.82, 2.24) is 9.97 Å². The molecule has 1 aliphatic rings. The second kappa shape index (κ2) is 2.85. The van der Waals surface area contributed by atoms with Crippen LogP contribution < -0.4 is 0 Å². The number of benzene rings is 1. The molecule has 1 saturated carbocycles. The van der Waals surface area contributed by atoms with Crippen molar-refractivity contribution >= 4 is 21.8 Å². The molecule has 0 unspecified atom stereocenters. The monoisotopic (exact) mass is 208 g/mol. The van der Waals surface area contributed by atoms with Crippen LogP contribution in [0.2, 0.25) is 0 Å². The van der Waals surface area contributed by atoms with Crippen LogP contribution in [0.4, 0.5) is 0 Å². The summed E-state index contributed by atoms with van der Waals surface area (Å²) in [6.45, 7) is 0. The van der Waals surface area contributed by atoms with Crippen LogP contribution >= 0.6 is 0 Å². The Hall–Kier alpha value is -1.83. The number of aromatic amines is 1. The molecule has 2 heteroatoms. The van der Waals surface area contributed by atoms with E-state index >= 15 is 0 Å². The van der Waals surface area contributed by atoms with Gasteiger partial charge in [-0.1, -0.05) is 18.2 Å². The fourth-order valence-electron chi connectivity index (χ4n) is 2.44. The maximum atomic E-state index is 4.81. The first kappa shape index (κ1) is 8.34. The molecule has 1 N–H and O–H groups in total. The number of H-pyrrole nitrogens is 1. The molecule has 78 valence electrons. The van der Waals surface area contributed by atoms with E-state index in [-0.39, 0.29) is 0 Å². The van der Waals surface area contributed by atoms with Gasteiger partial charge in [0.2, 0.25) is 0 Å². The van der Waals surface area contributed by atoms with Gasteiger partial charge in [-0.25, -0.2) is 0 Å². The molecule has 0 aliphatic heterocycles. The Morgan fingerprint density at radius 3 is 2.81 bits per heavy atom. The zero-order valence-corrected chi connectivity index (χ0v) is 8.90. The first-order valence-corrected chi connectivity index (χ1v) is 5.79. The molecule has 1 aromatic carbocycles. The Balaban J connectivity index is 2.21. The highest BCUT2D eigenvalue weighted by Crippen LogP contribution is 2.42. The molecule has 0 atom stereocenters. The van der Waals surface area contributed by atoms with Crippen molar-refractivity contribution < 1.29 is 0 Å². The van der Waals surface area contributed by atoms with Gasteiger partial charge in [-0.3, -0.25) is 4.98 Å². The van der Waals surface area contributed by atoms with Crippen LogP contribution in [0.3, 0.4) is 0 Å². The predicted molar refractivity (Wildman–Crippen MR) is 65.6 cm³/mol. The third-order valence-corrected chi connectivity index (χ3v) is 3.40. The zero-order chi connectivity index (χ0) is 10.5. The second-order valence-electron chi connectivity index (χ2n) is 4.55. The number of hydrogen-bond acceptors (Lipinski definition) is 1. The van der Waals surface area contributed by atoms with E-state index in [1.54, 1.807) is 0 Å². The normalized spacial score (nSPS) is 16.0. The van der Waals surface area contributed by atoms with Crippen molar-refractivity contribution in [2.75, 3.05) is 0 Å². The Bertz CT molecular complexity index is 677. The summed E-state index contributed by atoms with van der Waals surface area (Å²) in [6.07, 6.45) is 4.60. The maximum Gasteiger partial charge on any atom is 0.0713 e. The minimum absolute atomic E-state index is 0.686. The maximum absolute atomic E-state index is 4.81. The lowest BCUT2D eigenvalue weighted by atomic mass is 10.1. The second-order valence-corrected chi connectivity index (χ2v) is 4.55. The number of nitrogens with one attached hydrogen (secondary N) is 1. The molecule has 1 fully saturated rings. The van der Waals surface area contributed by atoms with Crippen molar-refractivity contribution in [3.8, 4) is 0 Å². The van der Waals surface area contributed by atoms with Gasteiger partial charge in [-0.2, -0.15) is 0 Å². The standard InChI is InChI=1S/C14H12N2/c1-2-4-12-10(3-1)11-7-8-15-14(11)13(16-12)9-5-6-9/h1-4,7-9,15H,5-6H2. The molecule has 0 saturated heterocycles. The fraction of sp³-hybridized carbons (Fsp3) is 0.214. The quantitative estimate of drug-likeness (QED) is 0.650. The van der Waals surface area contributed by atoms with Gasteiger partial charge in [0.15, 0.2) is 0 Å². The highest BCUT2D eigenvalue weighted by atomic mass is 14.8. The van der Waals surface area contributed by atoms with Gasteiger partial charge < -0.3 is 4.98 Å². The number of fused-ring (bicyclic) bond motifs is 3. The highest BCUT2D eigenvalue weighted by molar-refractivity contribution is 6.05. The summed E-state index contributed by atoms with van der Waals surface area (Å²) in [5, 5.41) is 2.57. The topological polar surface area (TPSA) is 28.7 Å². The minimum atomic E-state index is 0.686. The number of para-hydroxylation sites is 1. The zero-order valence-electron chi connectivity index (χ0n) is 8.90. The molecule has 2 nitrogen and oxygen atoms in total. The Labute approximate surface area is 93.3 Å². The summed E-state index contributed by atoms with van der Waals surface area (Å²) < 4.78 is 0. The molecule has 16 heavy (non-hydrogen) atoms. The van der Waals surface area contributed by atoms with E-state index in [9.17, 15) is 0 Å². The predicted octanol–water partition coefficient (Wildman–Crippen LogP) is 3.59. The Morgan fingerprint density at radius 2 is 1.94 bits per heavy atom. The van der Waals surface area contributed by atoms with Crippen LogP contribution in [0, 0.1) is 0 Å². The van der Waals surface area contributed by atoms with Gasteiger partial charge in [0.25, 0.3) is 0 Å². The summed E-state index contributed by atoms with van der Waals surface area (Å²) in [4.78, 5) is 8.15. The fourth-order valence-corrected chi connectivity index (χ4v) is 2.44. The van der Waals surface area contributed by atoms with Crippen LogP contribution in [-0.4, -0.2) is 9.97 Å². The molecule has 4 rings (SSSR count). The molecule has 0 amide bonds. The van der Waals surface area contributed by atoms with Crippen molar-refractivity contribution in [3.63, 3.8) is 0 Å². The summed E-state index contributed by atoms with van der Waals surface area (Å²) in [7, 11) is 0. The molecule has 0 spiro atoms. The summed E-state index contributed by atoms with van der Waals surface area (Å²) in [6, 6.07) is 10.5. The van der Waals surface area contributed by atoms with Crippen LogP contribution in [0.25, 0.3) is 21.8 Å². The summed E-state index contributed by atoms with van der Waals surface area (Å²) >= 11 is 0. The molecule has 2 aromatic heterocycles. The van der Waals surface area contributed by atoms with Crippen LogP contribution in [0.5, 0.6) is 0 Å². The molecule has 0 radical (unpaired) electrons. The lowest BCUT2D eigenvalue weighted by Gasteiger charge is -2.04. The number of rotatable bonds is 1. The smallest absolute Gasteiger partial charge is 0.0713 e. The van der Waals surface area contributed by atoms with Gasteiger partial charge in [0, 0.05) is 22.9 Å². The van der Waals surface area contributed by atoms with E-state index in [4.69, 9.17) is 4.98 Å². The molecule has 3 aromatic rings. The van der Waals surface area contributed by atoms with Gasteiger partial charge in [-0.15, -0.1) is 0 Å². The van der Waals surface area contributed by atoms with Crippen molar-refractivity contribution in [2.45, 2.75) is 18.8 Å². The third kappa shape index (κ3) is 1.04. The van der Waals surface area contributed by atoms with E-state index in [2.05, 4.69) is 35.3 Å². The number of nitrogens with zero attached hydrogens (tertiary/aromatic N) is 1. The van der Waals surface area contributed by atoms with E-state index in [0.717, 1.165) is 5.52 Å². The van der Waals surface area contributed by atoms with Gasteiger partial charge in [-0.05, 0) is 25.0 Å². The van der Waals surface area contributed by atoms with Gasteiger partial charge >= 0.3 is 0 Å². The first-order valence-electron chi connectivity index (χ1n) is 5.79. The lowest BCUT2D eigenvalue weighted by Crippen LogP contribution is -1.90. The van der Waals surface area contributed by atoms with E-state index in [1.165, 1.54) is 34.8 Å². The summed E-state index contributed by atoms with van der Waals surface area (Å²) in [5.41, 5.74) is 3.62. The molecule has 0 bridgehead atoms. The highest BCUT2D eigenvalue weighted by Gasteiger charge is 2.27. The van der Waals surface area contributed by atoms with Crippen molar-refractivity contribution in [3.05, 3.63) is 42.2 Å². The molecular formula is C14H12N2. The van der Waals surface area contributed by atoms with E-state index < -0.39 is 0 Å². The number of aromatic nitrogens is 2. The van der Waals surface area contributed by atoms with Crippen LogP contribution in [0.15, 0.2) is 36.5 Å². The number of pyridine rings is 1. The number of hydrogen-bond donors (Lipinski definition) is 1. The van der Waals surface area contributed by atoms with Crippen LogP contribution in [0.1, 0.15) is 24.5 Å². The minimum Gasteiger partial charge on any atom is -0.360 e. The average Bonchev–Trinajstić information content (AvgIpc) is 3.04. The SMILES string of the molecule is c1ccc2c(c1)nc(C1CC1)c1[nH]ccc12. The van der Waals surface area contributed by atoms with Crippen molar-refractivity contribution in [2.24, 2.45) is 0 Å². The summed E-state index contributed by atoms with van der Waals surface area (Å²) in [5.74, 6) is 0.686. The Kier molecular flexibility index (Phi) is 1.48. The lowest BCUT2D eigenvalue weighted by molar-refractivity contribution is 1.06. The van der Waals surface area contributed by atoms with Gasteiger partial charge in [0.05, 0.1) is 16.7 Å². The molecule has 1 aliphatic carbocycles. The molecular weight excluding hydrogens is 196 g/mol.